The van der Waals surface area contributed by atoms with E-state index in [0.717, 1.165) is 23.2 Å². The van der Waals surface area contributed by atoms with Crippen LogP contribution in [0.3, 0.4) is 0 Å². The molecular formula is C13H13BrN2O2. The number of anilines is 2. The first-order chi connectivity index (χ1) is 8.66. The molecule has 0 atom stereocenters. The van der Waals surface area contributed by atoms with E-state index in [1.165, 1.54) is 19.3 Å². The Bertz CT molecular complexity index is 536. The second-order valence-corrected chi connectivity index (χ2v) is 5.53. The molecule has 5 heteroatoms. The molecule has 0 radical (unpaired) electrons. The number of halogens is 1. The van der Waals surface area contributed by atoms with Crippen LogP contribution in [0, 0.1) is 0 Å². The van der Waals surface area contributed by atoms with Crippen LogP contribution in [0.5, 0.6) is 0 Å². The maximum Gasteiger partial charge on any atom is 0.296 e. The van der Waals surface area contributed by atoms with Gasteiger partial charge >= 0.3 is 0 Å². The zero-order chi connectivity index (χ0) is 12.7. The molecule has 2 heterocycles. The van der Waals surface area contributed by atoms with Crippen LogP contribution in [-0.2, 0) is 4.79 Å². The Hall–Kier alpha value is -1.36. The number of hydrogen-bond acceptors (Lipinski definition) is 3. The molecule has 0 aliphatic carbocycles. The van der Waals surface area contributed by atoms with Gasteiger partial charge in [0.2, 0.25) is 0 Å². The van der Waals surface area contributed by atoms with Gasteiger partial charge in [0.25, 0.3) is 11.7 Å². The van der Waals surface area contributed by atoms with Crippen LogP contribution in [0.25, 0.3) is 0 Å². The lowest BCUT2D eigenvalue weighted by Crippen LogP contribution is -2.29. The quantitative estimate of drug-likeness (QED) is 0.811. The topological polar surface area (TPSA) is 49.4 Å². The number of nitrogens with zero attached hydrogens (tertiary/aromatic N) is 1. The number of rotatable bonds is 1. The summed E-state index contributed by atoms with van der Waals surface area (Å²) in [5, 5.41) is 2.62. The Morgan fingerprint density at radius 1 is 1.11 bits per heavy atom. The minimum Gasteiger partial charge on any atom is -0.371 e. The molecule has 18 heavy (non-hydrogen) atoms. The van der Waals surface area contributed by atoms with Crippen molar-refractivity contribution in [2.45, 2.75) is 19.3 Å². The average Bonchev–Trinajstić information content (AvgIpc) is 2.66. The molecule has 2 aliphatic rings. The molecule has 1 fully saturated rings. The Morgan fingerprint density at radius 3 is 2.56 bits per heavy atom. The van der Waals surface area contributed by atoms with Gasteiger partial charge in [-0.05, 0) is 47.3 Å². The van der Waals surface area contributed by atoms with Crippen LogP contribution in [0.15, 0.2) is 16.6 Å². The van der Waals surface area contributed by atoms with Gasteiger partial charge in [-0.1, -0.05) is 0 Å². The summed E-state index contributed by atoms with van der Waals surface area (Å²) in [4.78, 5) is 25.2. The molecule has 1 saturated heterocycles. The van der Waals surface area contributed by atoms with E-state index in [2.05, 4.69) is 26.1 Å². The van der Waals surface area contributed by atoms with Crippen molar-refractivity contribution < 1.29 is 9.59 Å². The molecular weight excluding hydrogens is 296 g/mol. The van der Waals surface area contributed by atoms with Crippen molar-refractivity contribution in [2.75, 3.05) is 23.3 Å². The van der Waals surface area contributed by atoms with Crippen LogP contribution in [-0.4, -0.2) is 24.8 Å². The highest BCUT2D eigenvalue weighted by Gasteiger charge is 2.29. The molecule has 0 unspecified atom stereocenters. The second kappa shape index (κ2) is 4.39. The molecule has 0 spiro atoms. The molecule has 0 aromatic heterocycles. The molecule has 1 aromatic carbocycles. The summed E-state index contributed by atoms with van der Waals surface area (Å²) in [5.41, 5.74) is 2.16. The summed E-state index contributed by atoms with van der Waals surface area (Å²) in [6, 6.07) is 3.65. The highest BCUT2D eigenvalue weighted by atomic mass is 79.9. The van der Waals surface area contributed by atoms with Crippen molar-refractivity contribution in [3.05, 3.63) is 22.2 Å². The lowest BCUT2D eigenvalue weighted by Gasteiger charge is -2.30. The molecule has 2 aliphatic heterocycles. The Morgan fingerprint density at radius 2 is 1.83 bits per heavy atom. The SMILES string of the molecule is O=C1Nc2cc(N3CCCCC3)c(Br)cc2C1=O. The number of carbonyl (C=O) groups is 2. The van der Waals surface area contributed by atoms with E-state index in [1.807, 2.05) is 6.07 Å². The van der Waals surface area contributed by atoms with Crippen molar-refractivity contribution >= 4 is 39.0 Å². The zero-order valence-electron chi connectivity index (χ0n) is 9.83. The normalized spacial score (nSPS) is 18.8. The lowest BCUT2D eigenvalue weighted by atomic mass is 10.1. The largest absolute Gasteiger partial charge is 0.371 e. The highest BCUT2D eigenvalue weighted by Crippen LogP contribution is 2.36. The van der Waals surface area contributed by atoms with Crippen LogP contribution < -0.4 is 10.2 Å². The third kappa shape index (κ3) is 1.82. The molecule has 0 saturated carbocycles. The lowest BCUT2D eigenvalue weighted by molar-refractivity contribution is -0.112. The summed E-state index contributed by atoms with van der Waals surface area (Å²) in [6.45, 7) is 2.05. The van der Waals surface area contributed by atoms with Gasteiger partial charge in [0.05, 0.1) is 16.9 Å². The van der Waals surface area contributed by atoms with E-state index >= 15 is 0 Å². The van der Waals surface area contributed by atoms with Gasteiger partial charge < -0.3 is 10.2 Å². The van der Waals surface area contributed by atoms with Crippen LogP contribution in [0.4, 0.5) is 11.4 Å². The fraction of sp³-hybridized carbons (Fsp3) is 0.385. The number of carbonyl (C=O) groups excluding carboxylic acids is 2. The van der Waals surface area contributed by atoms with Crippen molar-refractivity contribution in [3.63, 3.8) is 0 Å². The number of piperidine rings is 1. The number of fused-ring (bicyclic) bond motifs is 1. The minimum absolute atomic E-state index is 0.448. The summed E-state index contributed by atoms with van der Waals surface area (Å²) in [7, 11) is 0. The van der Waals surface area contributed by atoms with Gasteiger partial charge in [-0.3, -0.25) is 9.59 Å². The Balaban J connectivity index is 2.00. The van der Waals surface area contributed by atoms with Crippen LogP contribution >= 0.6 is 15.9 Å². The minimum atomic E-state index is -0.535. The summed E-state index contributed by atoms with van der Waals surface area (Å²) in [5.74, 6) is -0.983. The maximum absolute atomic E-state index is 11.6. The van der Waals surface area contributed by atoms with E-state index in [9.17, 15) is 9.59 Å². The van der Waals surface area contributed by atoms with Crippen molar-refractivity contribution in [1.29, 1.82) is 0 Å². The number of hydrogen-bond donors (Lipinski definition) is 1. The van der Waals surface area contributed by atoms with Crippen LogP contribution in [0.2, 0.25) is 0 Å². The third-order valence-electron chi connectivity index (χ3n) is 3.48. The van der Waals surface area contributed by atoms with Gasteiger partial charge in [-0.25, -0.2) is 0 Å². The second-order valence-electron chi connectivity index (χ2n) is 4.68. The molecule has 4 nitrogen and oxygen atoms in total. The Labute approximate surface area is 113 Å². The number of benzene rings is 1. The maximum atomic E-state index is 11.6. The van der Waals surface area contributed by atoms with E-state index in [0.29, 0.717) is 11.3 Å². The zero-order valence-corrected chi connectivity index (χ0v) is 11.4. The first kappa shape index (κ1) is 11.7. The van der Waals surface area contributed by atoms with Crippen molar-refractivity contribution in [1.82, 2.24) is 0 Å². The number of ketones is 1. The number of nitrogens with one attached hydrogen (secondary N) is 1. The molecule has 3 rings (SSSR count). The first-order valence-electron chi connectivity index (χ1n) is 6.11. The molecule has 1 N–H and O–H groups in total. The monoisotopic (exact) mass is 308 g/mol. The fourth-order valence-electron chi connectivity index (χ4n) is 2.53. The van der Waals surface area contributed by atoms with E-state index < -0.39 is 11.7 Å². The van der Waals surface area contributed by atoms with Crippen molar-refractivity contribution in [3.8, 4) is 0 Å². The third-order valence-corrected chi connectivity index (χ3v) is 4.12. The summed E-state index contributed by atoms with van der Waals surface area (Å²) < 4.78 is 0.882. The standard InChI is InChI=1S/C13H13BrN2O2/c14-9-6-8-10(15-13(18)12(8)17)7-11(9)16-4-2-1-3-5-16/h6-7H,1-5H2,(H,15,17,18). The molecule has 0 bridgehead atoms. The summed E-state index contributed by atoms with van der Waals surface area (Å²) >= 11 is 3.50. The van der Waals surface area contributed by atoms with Gasteiger partial charge in [0.1, 0.15) is 0 Å². The van der Waals surface area contributed by atoms with Gasteiger partial charge in [-0.15, -0.1) is 0 Å². The van der Waals surface area contributed by atoms with E-state index in [1.54, 1.807) is 6.07 Å². The predicted octanol–water partition coefficient (Wildman–Crippen LogP) is 2.57. The highest BCUT2D eigenvalue weighted by molar-refractivity contribution is 9.10. The van der Waals surface area contributed by atoms with Gasteiger partial charge in [0.15, 0.2) is 0 Å². The molecule has 1 aromatic rings. The predicted molar refractivity (Wildman–Crippen MR) is 73.2 cm³/mol. The van der Waals surface area contributed by atoms with E-state index in [4.69, 9.17) is 0 Å². The average molecular weight is 309 g/mol. The first-order valence-corrected chi connectivity index (χ1v) is 6.90. The summed E-state index contributed by atoms with van der Waals surface area (Å²) in [6.07, 6.45) is 3.65. The fourth-order valence-corrected chi connectivity index (χ4v) is 3.13. The van der Waals surface area contributed by atoms with Crippen LogP contribution in [0.1, 0.15) is 29.6 Å². The smallest absolute Gasteiger partial charge is 0.296 e. The number of Topliss-reactive ketones (excluding diaryl/α,β-unsaturated/α-hetero) is 1. The van der Waals surface area contributed by atoms with E-state index in [-0.39, 0.29) is 0 Å². The Kier molecular flexibility index (Phi) is 2.86. The van der Waals surface area contributed by atoms with Gasteiger partial charge in [0, 0.05) is 17.6 Å². The number of amides is 1. The molecule has 1 amide bonds. The van der Waals surface area contributed by atoms with Gasteiger partial charge in [-0.2, -0.15) is 0 Å². The molecule has 94 valence electrons. The van der Waals surface area contributed by atoms with Crippen molar-refractivity contribution in [2.24, 2.45) is 0 Å².